The first-order valence-corrected chi connectivity index (χ1v) is 5.83. The van der Waals surface area contributed by atoms with Gasteiger partial charge in [-0.05, 0) is 56.6 Å². The second-order valence-corrected chi connectivity index (χ2v) is 3.86. The first kappa shape index (κ1) is 13.0. The fourth-order valence-corrected chi connectivity index (χ4v) is 1.46. The van der Waals surface area contributed by atoms with E-state index < -0.39 is 0 Å². The summed E-state index contributed by atoms with van der Waals surface area (Å²) in [7, 11) is 0. The first-order chi connectivity index (χ1) is 7.74. The summed E-state index contributed by atoms with van der Waals surface area (Å²) < 4.78 is 18.4. The van der Waals surface area contributed by atoms with Gasteiger partial charge in [-0.1, -0.05) is 6.92 Å². The molecule has 0 radical (unpaired) electrons. The third-order valence-electron chi connectivity index (χ3n) is 2.32. The van der Waals surface area contributed by atoms with Gasteiger partial charge in [0, 0.05) is 0 Å². The Kier molecular flexibility index (Phi) is 5.86. The van der Waals surface area contributed by atoms with Gasteiger partial charge in [0.1, 0.15) is 11.6 Å². The predicted molar refractivity (Wildman–Crippen MR) is 64.4 cm³/mol. The van der Waals surface area contributed by atoms with E-state index in [1.54, 1.807) is 6.07 Å². The van der Waals surface area contributed by atoms with Crippen LogP contribution in [0.5, 0.6) is 5.75 Å². The first-order valence-electron chi connectivity index (χ1n) is 5.83. The highest BCUT2D eigenvalue weighted by Crippen LogP contribution is 2.18. The van der Waals surface area contributed by atoms with Crippen LogP contribution in [0.25, 0.3) is 0 Å². The van der Waals surface area contributed by atoms with E-state index >= 15 is 0 Å². The molecule has 0 saturated heterocycles. The van der Waals surface area contributed by atoms with Crippen LogP contribution in [0, 0.1) is 12.7 Å². The molecule has 0 amide bonds. The molecule has 2 nitrogen and oxygen atoms in total. The number of nitrogens with one attached hydrogen (secondary N) is 1. The molecule has 1 aromatic carbocycles. The Balaban J connectivity index is 2.21. The third kappa shape index (κ3) is 4.62. The maximum atomic E-state index is 12.8. The molecular weight excluding hydrogens is 205 g/mol. The van der Waals surface area contributed by atoms with Gasteiger partial charge >= 0.3 is 0 Å². The Morgan fingerprint density at radius 2 is 2.12 bits per heavy atom. The molecular formula is C13H20FNO. The molecule has 0 aliphatic rings. The van der Waals surface area contributed by atoms with Crippen LogP contribution >= 0.6 is 0 Å². The molecule has 0 spiro atoms. The minimum Gasteiger partial charge on any atom is -0.493 e. The molecule has 0 atom stereocenters. The van der Waals surface area contributed by atoms with Crippen LogP contribution in [0.1, 0.15) is 25.3 Å². The molecule has 1 N–H and O–H groups in total. The molecule has 1 rings (SSSR count). The van der Waals surface area contributed by atoms with Gasteiger partial charge in [-0.25, -0.2) is 4.39 Å². The number of benzene rings is 1. The minimum absolute atomic E-state index is 0.213. The van der Waals surface area contributed by atoms with E-state index in [4.69, 9.17) is 4.74 Å². The number of aryl methyl sites for hydroxylation is 1. The Morgan fingerprint density at radius 1 is 1.31 bits per heavy atom. The van der Waals surface area contributed by atoms with Crippen LogP contribution < -0.4 is 10.1 Å². The number of ether oxygens (including phenoxy) is 1. The Morgan fingerprint density at radius 3 is 2.81 bits per heavy atom. The van der Waals surface area contributed by atoms with Crippen LogP contribution in [0.4, 0.5) is 4.39 Å². The summed E-state index contributed by atoms with van der Waals surface area (Å²) in [6, 6.07) is 4.60. The molecule has 16 heavy (non-hydrogen) atoms. The summed E-state index contributed by atoms with van der Waals surface area (Å²) in [5.74, 6) is 0.561. The molecule has 3 heteroatoms. The van der Waals surface area contributed by atoms with Crippen LogP contribution in [-0.4, -0.2) is 19.7 Å². The average molecular weight is 225 g/mol. The van der Waals surface area contributed by atoms with Crippen LogP contribution in [0.3, 0.4) is 0 Å². The summed E-state index contributed by atoms with van der Waals surface area (Å²) in [5, 5.41) is 3.31. The maximum absolute atomic E-state index is 12.8. The maximum Gasteiger partial charge on any atom is 0.123 e. The van der Waals surface area contributed by atoms with Crippen molar-refractivity contribution < 1.29 is 9.13 Å². The molecule has 0 bridgehead atoms. The lowest BCUT2D eigenvalue weighted by Crippen LogP contribution is -2.18. The standard InChI is InChI=1S/C13H20FNO/c1-3-7-15-8-4-9-16-13-6-5-12(14)10-11(13)2/h5-6,10,15H,3-4,7-9H2,1-2H3. The predicted octanol–water partition coefficient (Wildman–Crippen LogP) is 2.90. The second-order valence-electron chi connectivity index (χ2n) is 3.86. The lowest BCUT2D eigenvalue weighted by molar-refractivity contribution is 0.306. The molecule has 0 heterocycles. The highest BCUT2D eigenvalue weighted by Gasteiger charge is 2.00. The number of rotatable bonds is 7. The van der Waals surface area contributed by atoms with E-state index in [-0.39, 0.29) is 5.82 Å². The monoisotopic (exact) mass is 225 g/mol. The van der Waals surface area contributed by atoms with Gasteiger partial charge in [-0.15, -0.1) is 0 Å². The zero-order valence-corrected chi connectivity index (χ0v) is 10.1. The van der Waals surface area contributed by atoms with Gasteiger partial charge in [0.15, 0.2) is 0 Å². The number of halogens is 1. The fourth-order valence-electron chi connectivity index (χ4n) is 1.46. The minimum atomic E-state index is -0.213. The van der Waals surface area contributed by atoms with E-state index in [0.717, 1.165) is 37.2 Å². The van der Waals surface area contributed by atoms with Crippen molar-refractivity contribution in [2.45, 2.75) is 26.7 Å². The van der Waals surface area contributed by atoms with Crippen molar-refractivity contribution in [3.63, 3.8) is 0 Å². The molecule has 0 aliphatic heterocycles. The third-order valence-corrected chi connectivity index (χ3v) is 2.32. The zero-order chi connectivity index (χ0) is 11.8. The fraction of sp³-hybridized carbons (Fsp3) is 0.538. The smallest absolute Gasteiger partial charge is 0.123 e. The number of hydrogen-bond donors (Lipinski definition) is 1. The lowest BCUT2D eigenvalue weighted by atomic mass is 10.2. The van der Waals surface area contributed by atoms with Crippen molar-refractivity contribution in [1.29, 1.82) is 0 Å². The van der Waals surface area contributed by atoms with Gasteiger partial charge in [0.25, 0.3) is 0 Å². The molecule has 0 aliphatic carbocycles. The highest BCUT2D eigenvalue weighted by molar-refractivity contribution is 5.32. The van der Waals surface area contributed by atoms with Gasteiger partial charge in [0.2, 0.25) is 0 Å². The summed E-state index contributed by atoms with van der Waals surface area (Å²) in [6.07, 6.45) is 2.12. The highest BCUT2D eigenvalue weighted by atomic mass is 19.1. The van der Waals surface area contributed by atoms with Crippen molar-refractivity contribution in [3.05, 3.63) is 29.6 Å². The van der Waals surface area contributed by atoms with Gasteiger partial charge in [-0.3, -0.25) is 0 Å². The second kappa shape index (κ2) is 7.23. The van der Waals surface area contributed by atoms with Gasteiger partial charge in [-0.2, -0.15) is 0 Å². The van der Waals surface area contributed by atoms with E-state index in [1.807, 2.05) is 6.92 Å². The average Bonchev–Trinajstić information content (AvgIpc) is 2.26. The van der Waals surface area contributed by atoms with Crippen LogP contribution in [0.2, 0.25) is 0 Å². The Labute approximate surface area is 96.8 Å². The van der Waals surface area contributed by atoms with Crippen LogP contribution in [-0.2, 0) is 0 Å². The molecule has 0 aromatic heterocycles. The van der Waals surface area contributed by atoms with Crippen molar-refractivity contribution >= 4 is 0 Å². The lowest BCUT2D eigenvalue weighted by Gasteiger charge is -2.09. The van der Waals surface area contributed by atoms with Crippen molar-refractivity contribution in [2.24, 2.45) is 0 Å². The quantitative estimate of drug-likeness (QED) is 0.720. The molecule has 0 unspecified atom stereocenters. The molecule has 90 valence electrons. The Bertz CT molecular complexity index is 315. The SMILES string of the molecule is CCCNCCCOc1ccc(F)cc1C. The molecule has 0 saturated carbocycles. The van der Waals surface area contributed by atoms with Gasteiger partial charge < -0.3 is 10.1 Å². The van der Waals surface area contributed by atoms with Crippen LogP contribution in [0.15, 0.2) is 18.2 Å². The van der Waals surface area contributed by atoms with E-state index in [1.165, 1.54) is 12.1 Å². The molecule has 0 fully saturated rings. The summed E-state index contributed by atoms with van der Waals surface area (Å²) in [4.78, 5) is 0. The van der Waals surface area contributed by atoms with Crippen molar-refractivity contribution in [1.82, 2.24) is 5.32 Å². The van der Waals surface area contributed by atoms with Gasteiger partial charge in [0.05, 0.1) is 6.61 Å². The number of hydrogen-bond acceptors (Lipinski definition) is 2. The normalized spacial score (nSPS) is 10.4. The van der Waals surface area contributed by atoms with E-state index in [0.29, 0.717) is 6.61 Å². The molecule has 1 aromatic rings. The zero-order valence-electron chi connectivity index (χ0n) is 10.1. The van der Waals surface area contributed by atoms with Crippen molar-refractivity contribution in [2.75, 3.05) is 19.7 Å². The summed E-state index contributed by atoms with van der Waals surface area (Å²) >= 11 is 0. The Hall–Kier alpha value is -1.09. The largest absolute Gasteiger partial charge is 0.493 e. The van der Waals surface area contributed by atoms with E-state index in [2.05, 4.69) is 12.2 Å². The summed E-state index contributed by atoms with van der Waals surface area (Å²) in [6.45, 7) is 6.69. The van der Waals surface area contributed by atoms with Crippen molar-refractivity contribution in [3.8, 4) is 5.75 Å². The summed E-state index contributed by atoms with van der Waals surface area (Å²) in [5.41, 5.74) is 0.849. The van der Waals surface area contributed by atoms with E-state index in [9.17, 15) is 4.39 Å². The topological polar surface area (TPSA) is 21.3 Å².